The number of carbonyl (C=O) groups is 3. The van der Waals surface area contributed by atoms with Crippen LogP contribution in [-0.2, 0) is 22.4 Å². The number of rotatable bonds is 5. The van der Waals surface area contributed by atoms with Crippen molar-refractivity contribution in [2.75, 3.05) is 6.54 Å². The first kappa shape index (κ1) is 19.2. The minimum Gasteiger partial charge on any atom is -0.347 e. The van der Waals surface area contributed by atoms with E-state index in [1.165, 1.54) is 5.56 Å². The lowest BCUT2D eigenvalue weighted by atomic mass is 10.0. The maximum Gasteiger partial charge on any atom is 0.251 e. The molecule has 3 atom stereocenters. The molecule has 29 heavy (non-hydrogen) atoms. The van der Waals surface area contributed by atoms with Crippen LogP contribution >= 0.6 is 0 Å². The topological polar surface area (TPSA) is 78.5 Å². The molecule has 0 bridgehead atoms. The van der Waals surface area contributed by atoms with E-state index in [0.29, 0.717) is 24.9 Å². The van der Waals surface area contributed by atoms with Crippen molar-refractivity contribution in [3.63, 3.8) is 0 Å². The molecule has 0 unspecified atom stereocenters. The first-order valence-corrected chi connectivity index (χ1v) is 10.1. The predicted molar refractivity (Wildman–Crippen MR) is 109 cm³/mol. The van der Waals surface area contributed by atoms with E-state index in [2.05, 4.69) is 17.6 Å². The Morgan fingerprint density at radius 3 is 2.48 bits per heavy atom. The minimum absolute atomic E-state index is 0.0810. The molecule has 0 saturated carbocycles. The zero-order valence-corrected chi connectivity index (χ0v) is 16.4. The van der Waals surface area contributed by atoms with E-state index in [1.54, 1.807) is 4.90 Å². The van der Waals surface area contributed by atoms with Crippen LogP contribution in [0.3, 0.4) is 0 Å². The zero-order chi connectivity index (χ0) is 20.4. The summed E-state index contributed by atoms with van der Waals surface area (Å²) in [6, 6.07) is 15.9. The lowest BCUT2D eigenvalue weighted by molar-refractivity contribution is -0.147. The second-order valence-electron chi connectivity index (χ2n) is 7.71. The van der Waals surface area contributed by atoms with Crippen molar-refractivity contribution in [3.05, 3.63) is 71.3 Å². The molecule has 2 heterocycles. The molecule has 2 aromatic carbocycles. The summed E-state index contributed by atoms with van der Waals surface area (Å²) >= 11 is 0. The standard InChI is InChI=1S/C23H25N3O3/c1-2-15-8-10-17(11-9-15)21(27)24-18-13-20-22(28)25-19(23(29)26(20)14-18)12-16-6-4-3-5-7-16/h3-11,18-20H,2,12-14H2,1H3,(H,24,27)(H,25,28)/t18-,19-,20-/m0/s1. The van der Waals surface area contributed by atoms with Crippen LogP contribution in [0.15, 0.2) is 54.6 Å². The summed E-state index contributed by atoms with van der Waals surface area (Å²) in [5.74, 6) is -0.400. The van der Waals surface area contributed by atoms with E-state index in [4.69, 9.17) is 0 Å². The third kappa shape index (κ3) is 4.01. The van der Waals surface area contributed by atoms with Gasteiger partial charge in [-0.15, -0.1) is 0 Å². The molecule has 0 spiro atoms. The van der Waals surface area contributed by atoms with Crippen LogP contribution in [0.25, 0.3) is 0 Å². The molecular weight excluding hydrogens is 366 g/mol. The number of amides is 3. The predicted octanol–water partition coefficient (Wildman–Crippen LogP) is 1.69. The van der Waals surface area contributed by atoms with Crippen LogP contribution in [0.2, 0.25) is 0 Å². The Morgan fingerprint density at radius 2 is 1.79 bits per heavy atom. The normalized spacial score (nSPS) is 23.5. The highest BCUT2D eigenvalue weighted by molar-refractivity contribution is 5.98. The summed E-state index contributed by atoms with van der Waals surface area (Å²) in [7, 11) is 0. The molecule has 0 radical (unpaired) electrons. The van der Waals surface area contributed by atoms with Crippen molar-refractivity contribution >= 4 is 17.7 Å². The first-order chi connectivity index (χ1) is 14.0. The van der Waals surface area contributed by atoms with Crippen molar-refractivity contribution in [2.45, 2.75) is 44.3 Å². The number of hydrogen-bond acceptors (Lipinski definition) is 3. The van der Waals surface area contributed by atoms with Gasteiger partial charge in [0.15, 0.2) is 0 Å². The van der Waals surface area contributed by atoms with Gasteiger partial charge in [-0.2, -0.15) is 0 Å². The SMILES string of the molecule is CCc1ccc(C(=O)N[C@H]2C[C@H]3C(=O)N[C@@H](Cc4ccccc4)C(=O)N3C2)cc1. The highest BCUT2D eigenvalue weighted by Crippen LogP contribution is 2.24. The average Bonchev–Trinajstić information content (AvgIpc) is 3.17. The third-order valence-corrected chi connectivity index (χ3v) is 5.74. The van der Waals surface area contributed by atoms with Gasteiger partial charge in [0.25, 0.3) is 5.91 Å². The fraction of sp³-hybridized carbons (Fsp3) is 0.348. The van der Waals surface area contributed by atoms with Crippen molar-refractivity contribution in [1.29, 1.82) is 0 Å². The van der Waals surface area contributed by atoms with Gasteiger partial charge in [-0.3, -0.25) is 14.4 Å². The molecule has 0 aliphatic carbocycles. The monoisotopic (exact) mass is 391 g/mol. The Balaban J connectivity index is 1.41. The van der Waals surface area contributed by atoms with Crippen molar-refractivity contribution in [3.8, 4) is 0 Å². The van der Waals surface area contributed by atoms with E-state index >= 15 is 0 Å². The molecule has 6 nitrogen and oxygen atoms in total. The smallest absolute Gasteiger partial charge is 0.251 e. The van der Waals surface area contributed by atoms with E-state index in [-0.39, 0.29) is 23.8 Å². The van der Waals surface area contributed by atoms with Gasteiger partial charge in [0.05, 0.1) is 0 Å². The number of fused-ring (bicyclic) bond motifs is 1. The fourth-order valence-corrected chi connectivity index (χ4v) is 4.11. The minimum atomic E-state index is -0.558. The van der Waals surface area contributed by atoms with Crippen LogP contribution in [0.5, 0.6) is 0 Å². The maximum atomic E-state index is 12.9. The van der Waals surface area contributed by atoms with Crippen LogP contribution in [0, 0.1) is 0 Å². The highest BCUT2D eigenvalue weighted by Gasteiger charge is 2.46. The van der Waals surface area contributed by atoms with Gasteiger partial charge in [0.1, 0.15) is 12.1 Å². The second kappa shape index (κ2) is 8.07. The average molecular weight is 391 g/mol. The van der Waals surface area contributed by atoms with E-state index in [0.717, 1.165) is 12.0 Å². The van der Waals surface area contributed by atoms with Gasteiger partial charge in [-0.25, -0.2) is 0 Å². The summed E-state index contributed by atoms with van der Waals surface area (Å²) in [6.07, 6.45) is 1.83. The largest absolute Gasteiger partial charge is 0.347 e. The Morgan fingerprint density at radius 1 is 1.07 bits per heavy atom. The Kier molecular flexibility index (Phi) is 5.34. The van der Waals surface area contributed by atoms with Crippen molar-refractivity contribution in [1.82, 2.24) is 15.5 Å². The molecule has 2 fully saturated rings. The van der Waals surface area contributed by atoms with Gasteiger partial charge in [-0.05, 0) is 36.1 Å². The number of benzene rings is 2. The van der Waals surface area contributed by atoms with Crippen LogP contribution in [-0.4, -0.2) is 47.3 Å². The number of aryl methyl sites for hydroxylation is 1. The second-order valence-corrected chi connectivity index (χ2v) is 7.71. The summed E-state index contributed by atoms with van der Waals surface area (Å²) in [5.41, 5.74) is 2.76. The van der Waals surface area contributed by atoms with Gasteiger partial charge in [0, 0.05) is 24.6 Å². The highest BCUT2D eigenvalue weighted by atomic mass is 16.2. The molecule has 2 N–H and O–H groups in total. The van der Waals surface area contributed by atoms with Crippen LogP contribution < -0.4 is 10.6 Å². The molecule has 2 aliphatic heterocycles. The van der Waals surface area contributed by atoms with Crippen molar-refractivity contribution in [2.24, 2.45) is 0 Å². The van der Waals surface area contributed by atoms with Gasteiger partial charge >= 0.3 is 0 Å². The molecular formula is C23H25N3O3. The molecule has 4 rings (SSSR count). The van der Waals surface area contributed by atoms with Crippen LogP contribution in [0.1, 0.15) is 34.8 Å². The summed E-state index contributed by atoms with van der Waals surface area (Å²) in [5, 5.41) is 5.84. The Labute approximate surface area is 170 Å². The Bertz CT molecular complexity index is 911. The van der Waals surface area contributed by atoms with Crippen LogP contribution in [0.4, 0.5) is 0 Å². The molecule has 6 heteroatoms. The van der Waals surface area contributed by atoms with Gasteiger partial charge in [0.2, 0.25) is 11.8 Å². The van der Waals surface area contributed by atoms with E-state index in [9.17, 15) is 14.4 Å². The van der Waals surface area contributed by atoms with E-state index < -0.39 is 12.1 Å². The Hall–Kier alpha value is -3.15. The summed E-state index contributed by atoms with van der Waals surface area (Å²) in [4.78, 5) is 39.7. The molecule has 2 aliphatic rings. The van der Waals surface area contributed by atoms with E-state index in [1.807, 2.05) is 54.6 Å². The van der Waals surface area contributed by atoms with Crippen molar-refractivity contribution < 1.29 is 14.4 Å². The third-order valence-electron chi connectivity index (χ3n) is 5.74. The maximum absolute atomic E-state index is 12.9. The number of nitrogens with one attached hydrogen (secondary N) is 2. The quantitative estimate of drug-likeness (QED) is 0.814. The van der Waals surface area contributed by atoms with Gasteiger partial charge < -0.3 is 15.5 Å². The molecule has 3 amide bonds. The molecule has 2 aromatic rings. The van der Waals surface area contributed by atoms with Gasteiger partial charge in [-0.1, -0.05) is 49.4 Å². The number of piperazine rings is 1. The molecule has 2 saturated heterocycles. The first-order valence-electron chi connectivity index (χ1n) is 10.1. The number of carbonyl (C=O) groups excluding carboxylic acids is 3. The lowest BCUT2D eigenvalue weighted by Crippen LogP contribution is -2.61. The molecule has 150 valence electrons. The lowest BCUT2D eigenvalue weighted by Gasteiger charge is -2.34. The summed E-state index contributed by atoms with van der Waals surface area (Å²) < 4.78 is 0. The summed E-state index contributed by atoms with van der Waals surface area (Å²) in [6.45, 7) is 2.43. The fourth-order valence-electron chi connectivity index (χ4n) is 4.11. The number of nitrogens with zero attached hydrogens (tertiary/aromatic N) is 1. The zero-order valence-electron chi connectivity index (χ0n) is 16.4. The number of hydrogen-bond donors (Lipinski definition) is 2. The molecule has 0 aromatic heterocycles.